The SMILES string of the molecule is CC[C@H](C)[C@H](N)C(=O)N1CCC[C@H]1C(=O)N[C@@H](CC(=O)O)C(=O)O. The van der Waals surface area contributed by atoms with Crippen molar-refractivity contribution in [3.63, 3.8) is 0 Å². The Bertz CT molecular complexity index is 509. The van der Waals surface area contributed by atoms with Crippen molar-refractivity contribution in [1.29, 1.82) is 0 Å². The first kappa shape index (κ1) is 19.9. The molecule has 2 amide bonds. The van der Waals surface area contributed by atoms with Crippen molar-refractivity contribution >= 4 is 23.8 Å². The number of carbonyl (C=O) groups is 4. The molecule has 4 atom stereocenters. The average Bonchev–Trinajstić information content (AvgIpc) is 3.00. The van der Waals surface area contributed by atoms with Crippen LogP contribution in [0.2, 0.25) is 0 Å². The number of amides is 2. The zero-order chi connectivity index (χ0) is 18.4. The minimum Gasteiger partial charge on any atom is -0.481 e. The molecule has 0 saturated carbocycles. The lowest BCUT2D eigenvalue weighted by Gasteiger charge is -2.29. The molecule has 0 aromatic rings. The van der Waals surface area contributed by atoms with Crippen molar-refractivity contribution in [3.05, 3.63) is 0 Å². The fourth-order valence-electron chi connectivity index (χ4n) is 2.63. The first-order valence-electron chi connectivity index (χ1n) is 8.00. The summed E-state index contributed by atoms with van der Waals surface area (Å²) >= 11 is 0. The monoisotopic (exact) mass is 343 g/mol. The standard InChI is InChI=1S/C15H25N3O6/c1-3-8(2)12(16)14(22)18-6-4-5-10(18)13(21)17-9(15(23)24)7-11(19)20/h8-10,12H,3-7,16H2,1-2H3,(H,17,21)(H,19,20)(H,23,24)/t8-,9-,10-,12-/m0/s1. The van der Waals surface area contributed by atoms with Crippen LogP contribution in [0, 0.1) is 5.92 Å². The number of hydrogen-bond donors (Lipinski definition) is 4. The molecule has 1 aliphatic rings. The van der Waals surface area contributed by atoms with E-state index in [1.807, 2.05) is 13.8 Å². The summed E-state index contributed by atoms with van der Waals surface area (Å²) in [6.45, 7) is 4.13. The van der Waals surface area contributed by atoms with Crippen LogP contribution in [-0.2, 0) is 19.2 Å². The van der Waals surface area contributed by atoms with Crippen molar-refractivity contribution in [1.82, 2.24) is 10.2 Å². The number of hydrogen-bond acceptors (Lipinski definition) is 5. The van der Waals surface area contributed by atoms with E-state index in [0.717, 1.165) is 6.42 Å². The highest BCUT2D eigenvalue weighted by Crippen LogP contribution is 2.20. The maximum absolute atomic E-state index is 12.5. The third-order valence-corrected chi connectivity index (χ3v) is 4.37. The van der Waals surface area contributed by atoms with Crippen LogP contribution in [0.5, 0.6) is 0 Å². The van der Waals surface area contributed by atoms with Gasteiger partial charge in [0.1, 0.15) is 12.1 Å². The largest absolute Gasteiger partial charge is 0.481 e. The van der Waals surface area contributed by atoms with Gasteiger partial charge in [-0.1, -0.05) is 20.3 Å². The van der Waals surface area contributed by atoms with Gasteiger partial charge in [0, 0.05) is 6.54 Å². The van der Waals surface area contributed by atoms with Gasteiger partial charge in [-0.3, -0.25) is 14.4 Å². The Morgan fingerprint density at radius 1 is 1.29 bits per heavy atom. The van der Waals surface area contributed by atoms with Crippen molar-refractivity contribution in [2.45, 2.75) is 57.7 Å². The first-order valence-corrected chi connectivity index (χ1v) is 8.00. The second-order valence-electron chi connectivity index (χ2n) is 6.10. The van der Waals surface area contributed by atoms with Crippen molar-refractivity contribution < 1.29 is 29.4 Å². The number of nitrogens with zero attached hydrogens (tertiary/aromatic N) is 1. The third kappa shape index (κ3) is 4.92. The molecular formula is C15H25N3O6. The Hall–Kier alpha value is -2.16. The van der Waals surface area contributed by atoms with Crippen LogP contribution in [0.4, 0.5) is 0 Å². The lowest BCUT2D eigenvalue weighted by molar-refractivity contribution is -0.148. The van der Waals surface area contributed by atoms with E-state index < -0.39 is 42.4 Å². The fraction of sp³-hybridized carbons (Fsp3) is 0.733. The molecule has 0 aliphatic carbocycles. The van der Waals surface area contributed by atoms with Crippen LogP contribution in [0.1, 0.15) is 39.5 Å². The Labute approximate surface area is 140 Å². The molecule has 0 spiro atoms. The highest BCUT2D eigenvalue weighted by Gasteiger charge is 2.38. The average molecular weight is 343 g/mol. The van der Waals surface area contributed by atoms with E-state index in [1.165, 1.54) is 4.90 Å². The minimum absolute atomic E-state index is 0.0411. The predicted molar refractivity (Wildman–Crippen MR) is 84.0 cm³/mol. The van der Waals surface area contributed by atoms with Gasteiger partial charge >= 0.3 is 11.9 Å². The molecule has 1 aliphatic heterocycles. The molecule has 0 bridgehead atoms. The van der Waals surface area contributed by atoms with E-state index in [4.69, 9.17) is 15.9 Å². The van der Waals surface area contributed by atoms with Crippen LogP contribution < -0.4 is 11.1 Å². The van der Waals surface area contributed by atoms with Gasteiger partial charge < -0.3 is 26.2 Å². The van der Waals surface area contributed by atoms with Gasteiger partial charge in [0.2, 0.25) is 11.8 Å². The molecule has 136 valence electrons. The Kier molecular flexibility index (Phi) is 7.15. The van der Waals surface area contributed by atoms with E-state index in [1.54, 1.807) is 0 Å². The molecule has 1 rings (SSSR count). The molecule has 24 heavy (non-hydrogen) atoms. The number of nitrogens with two attached hydrogens (primary N) is 1. The van der Waals surface area contributed by atoms with E-state index in [9.17, 15) is 19.2 Å². The zero-order valence-corrected chi connectivity index (χ0v) is 13.9. The van der Waals surface area contributed by atoms with E-state index in [0.29, 0.717) is 19.4 Å². The molecule has 9 nitrogen and oxygen atoms in total. The van der Waals surface area contributed by atoms with Crippen LogP contribution in [0.25, 0.3) is 0 Å². The summed E-state index contributed by atoms with van der Waals surface area (Å²) in [5.74, 6) is -3.81. The molecule has 1 fully saturated rings. The Balaban J connectivity index is 2.79. The van der Waals surface area contributed by atoms with Crippen LogP contribution >= 0.6 is 0 Å². The zero-order valence-electron chi connectivity index (χ0n) is 13.9. The Morgan fingerprint density at radius 3 is 2.42 bits per heavy atom. The van der Waals surface area contributed by atoms with Gasteiger partial charge in [-0.15, -0.1) is 0 Å². The number of carboxylic acids is 2. The van der Waals surface area contributed by atoms with Gasteiger partial charge in [-0.25, -0.2) is 4.79 Å². The van der Waals surface area contributed by atoms with Crippen LogP contribution in [-0.4, -0.2) is 63.5 Å². The molecule has 5 N–H and O–H groups in total. The van der Waals surface area contributed by atoms with Crippen molar-refractivity contribution in [2.75, 3.05) is 6.54 Å². The van der Waals surface area contributed by atoms with Gasteiger partial charge in [0.05, 0.1) is 12.5 Å². The highest BCUT2D eigenvalue weighted by atomic mass is 16.4. The van der Waals surface area contributed by atoms with E-state index in [2.05, 4.69) is 5.32 Å². The molecule has 9 heteroatoms. The topological polar surface area (TPSA) is 150 Å². The molecule has 0 aromatic carbocycles. The number of carbonyl (C=O) groups excluding carboxylic acids is 2. The van der Waals surface area contributed by atoms with E-state index >= 15 is 0 Å². The second-order valence-corrected chi connectivity index (χ2v) is 6.10. The van der Waals surface area contributed by atoms with Crippen molar-refractivity contribution in [2.24, 2.45) is 11.7 Å². The molecule has 0 radical (unpaired) electrons. The van der Waals surface area contributed by atoms with Crippen molar-refractivity contribution in [3.8, 4) is 0 Å². The number of carboxylic acid groups (broad SMARTS) is 2. The molecule has 1 saturated heterocycles. The predicted octanol–water partition coefficient (Wildman–Crippen LogP) is -0.605. The van der Waals surface area contributed by atoms with Crippen LogP contribution in [0.15, 0.2) is 0 Å². The number of aliphatic carboxylic acids is 2. The summed E-state index contributed by atoms with van der Waals surface area (Å²) in [5.41, 5.74) is 5.93. The second kappa shape index (κ2) is 8.62. The smallest absolute Gasteiger partial charge is 0.326 e. The van der Waals surface area contributed by atoms with E-state index in [-0.39, 0.29) is 11.8 Å². The maximum Gasteiger partial charge on any atom is 0.326 e. The third-order valence-electron chi connectivity index (χ3n) is 4.37. The maximum atomic E-state index is 12.5. The van der Waals surface area contributed by atoms with Gasteiger partial charge in [0.15, 0.2) is 0 Å². The summed E-state index contributed by atoms with van der Waals surface area (Å²) in [4.78, 5) is 47.9. The summed E-state index contributed by atoms with van der Waals surface area (Å²) in [7, 11) is 0. The van der Waals surface area contributed by atoms with Gasteiger partial charge in [0.25, 0.3) is 0 Å². The highest BCUT2D eigenvalue weighted by molar-refractivity contribution is 5.93. The minimum atomic E-state index is -1.53. The molecular weight excluding hydrogens is 318 g/mol. The van der Waals surface area contributed by atoms with Gasteiger partial charge in [-0.05, 0) is 18.8 Å². The molecule has 0 unspecified atom stereocenters. The summed E-state index contributed by atoms with van der Waals surface area (Å²) in [6, 6.07) is -3.07. The number of likely N-dealkylation sites (tertiary alicyclic amines) is 1. The fourth-order valence-corrected chi connectivity index (χ4v) is 2.63. The quantitative estimate of drug-likeness (QED) is 0.459. The van der Waals surface area contributed by atoms with Gasteiger partial charge in [-0.2, -0.15) is 0 Å². The normalized spacial score (nSPS) is 21.0. The summed E-state index contributed by atoms with van der Waals surface area (Å²) < 4.78 is 0. The molecule has 1 heterocycles. The van der Waals surface area contributed by atoms with Crippen LogP contribution in [0.3, 0.4) is 0 Å². The number of rotatable bonds is 8. The summed E-state index contributed by atoms with van der Waals surface area (Å²) in [6.07, 6.45) is 0.989. The number of nitrogens with one attached hydrogen (secondary N) is 1. The Morgan fingerprint density at radius 2 is 1.92 bits per heavy atom. The summed E-state index contributed by atoms with van der Waals surface area (Å²) in [5, 5.41) is 19.9. The lowest BCUT2D eigenvalue weighted by atomic mass is 9.98. The lowest BCUT2D eigenvalue weighted by Crippen LogP contribution is -2.55. The molecule has 0 aromatic heterocycles. The first-order chi connectivity index (χ1) is 11.2.